The number of aryl methyl sites for hydroxylation is 1. The number of alkyl carbamates (subject to hydrolysis) is 1. The van der Waals surface area contributed by atoms with Crippen LogP contribution in [0.2, 0.25) is 0 Å². The summed E-state index contributed by atoms with van der Waals surface area (Å²) in [5.74, 6) is -1.84. The maximum Gasteiger partial charge on any atom is 0.407 e. The van der Waals surface area contributed by atoms with Crippen LogP contribution in [0.5, 0.6) is 0 Å². The number of ether oxygens (including phenoxy) is 3. The highest BCUT2D eigenvalue weighted by Crippen LogP contribution is 2.22. The molecular weight excluding hydrogens is 604 g/mol. The van der Waals surface area contributed by atoms with Crippen LogP contribution >= 0.6 is 0 Å². The minimum absolute atomic E-state index is 0.0173. The van der Waals surface area contributed by atoms with E-state index < -0.39 is 53.7 Å². The molecule has 0 spiro atoms. The summed E-state index contributed by atoms with van der Waals surface area (Å²) in [5, 5.41) is 5.87. The van der Waals surface area contributed by atoms with Crippen LogP contribution in [0, 0.1) is 0 Å². The molecule has 0 saturated carbocycles. The van der Waals surface area contributed by atoms with Gasteiger partial charge < -0.3 is 24.4 Å². The van der Waals surface area contributed by atoms with Crippen LogP contribution in [-0.4, -0.2) is 90.2 Å². The summed E-state index contributed by atoms with van der Waals surface area (Å²) in [6, 6.07) is 15.3. The fraction of sp³-hybridized carbons (Fsp3) is 0.514. The first kappa shape index (κ1) is 37.0. The van der Waals surface area contributed by atoms with Crippen molar-refractivity contribution in [1.82, 2.24) is 20.4 Å². The number of imide groups is 1. The van der Waals surface area contributed by atoms with Gasteiger partial charge in [-0.2, -0.15) is 0 Å². The largest absolute Gasteiger partial charge is 0.465 e. The molecule has 2 N–H and O–H groups in total. The van der Waals surface area contributed by atoms with E-state index in [0.29, 0.717) is 25.7 Å². The summed E-state index contributed by atoms with van der Waals surface area (Å²) in [5.41, 5.74) is 1.05. The molecule has 0 aromatic heterocycles. The number of nitrogens with zero attached hydrogens (tertiary/aromatic N) is 2. The molecule has 256 valence electrons. The van der Waals surface area contributed by atoms with Gasteiger partial charge in [0.1, 0.15) is 18.2 Å². The molecule has 1 aliphatic rings. The highest BCUT2D eigenvalue weighted by Gasteiger charge is 2.47. The molecule has 2 aromatic rings. The van der Waals surface area contributed by atoms with Crippen LogP contribution in [0.25, 0.3) is 0 Å². The average molecular weight is 653 g/mol. The lowest BCUT2D eigenvalue weighted by atomic mass is 10.0. The lowest BCUT2D eigenvalue weighted by molar-refractivity contribution is -0.162. The molecule has 1 heterocycles. The van der Waals surface area contributed by atoms with Gasteiger partial charge in [-0.05, 0) is 70.9 Å². The van der Waals surface area contributed by atoms with Crippen molar-refractivity contribution in [3.05, 3.63) is 71.8 Å². The Morgan fingerprint density at radius 1 is 0.894 bits per heavy atom. The molecule has 1 unspecified atom stereocenters. The number of likely N-dealkylation sites (N-methyl/N-ethyl adjacent to an activating group) is 1. The third kappa shape index (κ3) is 12.0. The summed E-state index contributed by atoms with van der Waals surface area (Å²) in [6.07, 6.45) is 1.47. The minimum atomic E-state index is -1.14. The molecule has 3 rings (SSSR count). The molecule has 12 heteroatoms. The zero-order valence-electron chi connectivity index (χ0n) is 28.0. The Balaban J connectivity index is 1.73. The number of benzene rings is 2. The molecule has 47 heavy (non-hydrogen) atoms. The Morgan fingerprint density at radius 3 is 2.15 bits per heavy atom. The second-order valence-electron chi connectivity index (χ2n) is 12.5. The SMILES string of the molecule is CCOC(=O)C(CCc1ccccc1)N[C@@H](CCCCNC(=O)OCc1ccccc1)C(=O)N1C(=O)N(C)C[C@H]1C(=O)OC(C)(C)C. The smallest absolute Gasteiger partial charge is 0.407 e. The van der Waals surface area contributed by atoms with E-state index in [9.17, 15) is 24.0 Å². The van der Waals surface area contributed by atoms with E-state index in [0.717, 1.165) is 16.0 Å². The Hall–Kier alpha value is -4.45. The molecule has 1 saturated heterocycles. The van der Waals surface area contributed by atoms with Crippen molar-refractivity contribution in [3.63, 3.8) is 0 Å². The van der Waals surface area contributed by atoms with Gasteiger partial charge in [-0.1, -0.05) is 60.7 Å². The minimum Gasteiger partial charge on any atom is -0.465 e. The number of esters is 2. The number of unbranched alkanes of at least 4 members (excludes halogenated alkanes) is 1. The number of carbonyl (C=O) groups is 5. The molecule has 0 radical (unpaired) electrons. The lowest BCUT2D eigenvalue weighted by Gasteiger charge is -2.30. The fourth-order valence-corrected chi connectivity index (χ4v) is 5.13. The number of rotatable bonds is 16. The number of amides is 4. The van der Waals surface area contributed by atoms with Crippen molar-refractivity contribution >= 4 is 30.0 Å². The van der Waals surface area contributed by atoms with Crippen LogP contribution in [-0.2, 0) is 41.6 Å². The summed E-state index contributed by atoms with van der Waals surface area (Å²) in [4.78, 5) is 68.0. The predicted octanol–water partition coefficient (Wildman–Crippen LogP) is 4.21. The van der Waals surface area contributed by atoms with Gasteiger partial charge >= 0.3 is 24.1 Å². The highest BCUT2D eigenvalue weighted by atomic mass is 16.6. The van der Waals surface area contributed by atoms with Crippen molar-refractivity contribution in [2.45, 2.75) is 90.1 Å². The van der Waals surface area contributed by atoms with Gasteiger partial charge in [0, 0.05) is 13.6 Å². The Kier molecular flexibility index (Phi) is 14.2. The van der Waals surface area contributed by atoms with Crippen LogP contribution in [0.1, 0.15) is 64.5 Å². The average Bonchev–Trinajstić information content (AvgIpc) is 3.34. The topological polar surface area (TPSA) is 144 Å². The zero-order valence-corrected chi connectivity index (χ0v) is 28.0. The second-order valence-corrected chi connectivity index (χ2v) is 12.5. The summed E-state index contributed by atoms with van der Waals surface area (Å²) in [6.45, 7) is 7.41. The van der Waals surface area contributed by atoms with Gasteiger partial charge in [-0.3, -0.25) is 14.9 Å². The normalized spacial score (nSPS) is 15.9. The maximum absolute atomic E-state index is 14.1. The van der Waals surface area contributed by atoms with E-state index in [-0.39, 0.29) is 32.7 Å². The number of urea groups is 1. The first-order chi connectivity index (χ1) is 22.4. The first-order valence-electron chi connectivity index (χ1n) is 16.1. The monoisotopic (exact) mass is 652 g/mol. The summed E-state index contributed by atoms with van der Waals surface area (Å²) in [7, 11) is 1.51. The number of hydrogen-bond donors (Lipinski definition) is 2. The number of hydrogen-bond acceptors (Lipinski definition) is 9. The molecule has 4 amide bonds. The predicted molar refractivity (Wildman–Crippen MR) is 175 cm³/mol. The third-order valence-corrected chi connectivity index (χ3v) is 7.45. The molecule has 3 atom stereocenters. The van der Waals surface area contributed by atoms with E-state index in [4.69, 9.17) is 14.2 Å². The summed E-state index contributed by atoms with van der Waals surface area (Å²) < 4.78 is 16.1. The second kappa shape index (κ2) is 18.0. The van der Waals surface area contributed by atoms with Crippen molar-refractivity contribution in [2.75, 3.05) is 26.7 Å². The zero-order chi connectivity index (χ0) is 34.4. The van der Waals surface area contributed by atoms with E-state index in [1.165, 1.54) is 11.9 Å². The van der Waals surface area contributed by atoms with E-state index in [2.05, 4.69) is 10.6 Å². The number of nitrogens with one attached hydrogen (secondary N) is 2. The van der Waals surface area contributed by atoms with Gasteiger partial charge in [0.25, 0.3) is 0 Å². The van der Waals surface area contributed by atoms with Gasteiger partial charge in [0.05, 0.1) is 19.2 Å². The van der Waals surface area contributed by atoms with E-state index in [1.807, 2.05) is 60.7 Å². The van der Waals surface area contributed by atoms with Gasteiger partial charge in [0.15, 0.2) is 6.04 Å². The molecule has 0 bridgehead atoms. The highest BCUT2D eigenvalue weighted by molar-refractivity contribution is 6.03. The molecular formula is C35H48N4O8. The quantitative estimate of drug-likeness (QED) is 0.155. The molecule has 1 aliphatic heterocycles. The van der Waals surface area contributed by atoms with Crippen LogP contribution in [0.4, 0.5) is 9.59 Å². The fourth-order valence-electron chi connectivity index (χ4n) is 5.13. The molecule has 12 nitrogen and oxygen atoms in total. The van der Waals surface area contributed by atoms with Crippen molar-refractivity contribution in [2.24, 2.45) is 0 Å². The van der Waals surface area contributed by atoms with Gasteiger partial charge in [-0.15, -0.1) is 0 Å². The Bertz CT molecular complexity index is 1330. The van der Waals surface area contributed by atoms with Crippen molar-refractivity contribution in [1.29, 1.82) is 0 Å². The maximum atomic E-state index is 14.1. The van der Waals surface area contributed by atoms with E-state index >= 15 is 0 Å². The van der Waals surface area contributed by atoms with Gasteiger partial charge in [-0.25, -0.2) is 19.3 Å². The van der Waals surface area contributed by atoms with Crippen molar-refractivity contribution < 1.29 is 38.2 Å². The van der Waals surface area contributed by atoms with Crippen LogP contribution in [0.3, 0.4) is 0 Å². The van der Waals surface area contributed by atoms with E-state index in [1.54, 1.807) is 27.7 Å². The van der Waals surface area contributed by atoms with Crippen LogP contribution < -0.4 is 10.6 Å². The Labute approximate surface area is 277 Å². The van der Waals surface area contributed by atoms with Crippen molar-refractivity contribution in [3.8, 4) is 0 Å². The Morgan fingerprint density at radius 2 is 1.53 bits per heavy atom. The summed E-state index contributed by atoms with van der Waals surface area (Å²) >= 11 is 0. The standard InChI is InChI=1S/C35H48N4O8/c1-6-45-31(41)28(21-20-25-15-9-7-10-16-25)37-27(19-13-14-22-36-33(43)46-24-26-17-11-8-12-18-26)30(40)39-29(23-38(5)34(39)44)32(42)47-35(2,3)4/h7-12,15-18,27-29,37H,6,13-14,19-24H2,1-5H3,(H,36,43)/t27-,28?,29-/m0/s1. The van der Waals surface area contributed by atoms with Gasteiger partial charge in [0.2, 0.25) is 5.91 Å². The molecule has 1 fully saturated rings. The first-order valence-corrected chi connectivity index (χ1v) is 16.1. The number of carbonyl (C=O) groups excluding carboxylic acids is 5. The third-order valence-electron chi connectivity index (χ3n) is 7.45. The molecule has 2 aromatic carbocycles. The molecule has 0 aliphatic carbocycles. The van der Waals surface area contributed by atoms with Crippen LogP contribution in [0.15, 0.2) is 60.7 Å². The lowest BCUT2D eigenvalue weighted by Crippen LogP contribution is -2.56.